The van der Waals surface area contributed by atoms with Gasteiger partial charge in [-0.25, -0.2) is 4.63 Å². The maximum atomic E-state index is 11.2. The van der Waals surface area contributed by atoms with E-state index in [4.69, 9.17) is 4.63 Å². The minimum Gasteiger partial charge on any atom is -0.383 e. The second-order valence-corrected chi connectivity index (χ2v) is 11.4. The predicted octanol–water partition coefficient (Wildman–Crippen LogP) is 6.31. The summed E-state index contributed by atoms with van der Waals surface area (Å²) in [5.74, 6) is 2.51. The van der Waals surface area contributed by atoms with E-state index in [1.807, 2.05) is 0 Å². The molecule has 2 heterocycles. The van der Waals surface area contributed by atoms with Gasteiger partial charge in [0.1, 0.15) is 0 Å². The number of fused-ring (bicyclic) bond motifs is 1. The first-order valence-electron chi connectivity index (χ1n) is 15.1. The zero-order valence-corrected chi connectivity index (χ0v) is 24.8. The minimum atomic E-state index is -0.488. The quantitative estimate of drug-likeness (QED) is 0.0694. The molecule has 0 bridgehead atoms. The molecule has 5 rings (SSSR count). The number of anilines is 4. The third kappa shape index (κ3) is 8.49. The fraction of sp³-hybridized carbons (Fsp3) is 0.500. The largest absolute Gasteiger partial charge is 0.383 e. The Balaban J connectivity index is 1.08. The topological polar surface area (TPSA) is 169 Å². The molecular weight excluding hydrogens is 548 g/mol. The van der Waals surface area contributed by atoms with Gasteiger partial charge in [-0.2, -0.15) is 15.0 Å². The van der Waals surface area contributed by atoms with Crippen LogP contribution in [0, 0.1) is 23.0 Å². The zero-order valence-electron chi connectivity index (χ0n) is 24.8. The van der Waals surface area contributed by atoms with Crippen molar-refractivity contribution in [3.63, 3.8) is 0 Å². The molecule has 0 unspecified atom stereocenters. The predicted molar refractivity (Wildman–Crippen MR) is 167 cm³/mol. The van der Waals surface area contributed by atoms with Crippen LogP contribution in [0.25, 0.3) is 11.0 Å². The first-order chi connectivity index (χ1) is 20.9. The average molecular weight is 589 g/mol. The Bertz CT molecular complexity index is 1490. The number of nitro benzene ring substituents is 1. The van der Waals surface area contributed by atoms with Crippen LogP contribution in [0.3, 0.4) is 0 Å². The molecule has 4 aromatic rings. The van der Waals surface area contributed by atoms with Crippen LogP contribution < -0.4 is 21.3 Å². The van der Waals surface area contributed by atoms with E-state index in [0.29, 0.717) is 48.2 Å². The van der Waals surface area contributed by atoms with Crippen molar-refractivity contribution in [3.05, 3.63) is 57.6 Å². The van der Waals surface area contributed by atoms with Gasteiger partial charge < -0.3 is 21.3 Å². The van der Waals surface area contributed by atoms with E-state index >= 15 is 0 Å². The molecule has 0 radical (unpaired) electrons. The van der Waals surface area contributed by atoms with Crippen LogP contribution in [0.4, 0.5) is 29.2 Å². The summed E-state index contributed by atoms with van der Waals surface area (Å²) in [5.41, 5.74) is 3.48. The lowest BCUT2D eigenvalue weighted by atomic mass is 9.87. The van der Waals surface area contributed by atoms with Gasteiger partial charge in [-0.15, -0.1) is 0 Å². The third-order valence-corrected chi connectivity index (χ3v) is 7.85. The monoisotopic (exact) mass is 588 g/mol. The van der Waals surface area contributed by atoms with Crippen LogP contribution in [0.2, 0.25) is 0 Å². The summed E-state index contributed by atoms with van der Waals surface area (Å²) in [4.78, 5) is 24.7. The SMILES string of the molecule is Cc1ccc(CNc2nc(NCCCCCCNc3ccc([N+](=O)[O-])c4nonc34)nc(NC3CCC(C)CC3)n2)cc1. The Morgan fingerprint density at radius 1 is 0.814 bits per heavy atom. The van der Waals surface area contributed by atoms with Gasteiger partial charge in [0, 0.05) is 31.7 Å². The molecule has 13 nitrogen and oxygen atoms in total. The number of nitrogens with zero attached hydrogens (tertiary/aromatic N) is 6. The molecule has 1 aliphatic rings. The maximum absolute atomic E-state index is 11.2. The van der Waals surface area contributed by atoms with Gasteiger partial charge in [-0.3, -0.25) is 10.1 Å². The van der Waals surface area contributed by atoms with E-state index in [9.17, 15) is 10.1 Å². The minimum absolute atomic E-state index is 0.117. The zero-order chi connectivity index (χ0) is 30.0. The molecule has 43 heavy (non-hydrogen) atoms. The normalized spacial score (nSPS) is 16.6. The van der Waals surface area contributed by atoms with E-state index in [1.165, 1.54) is 30.0 Å². The lowest BCUT2D eigenvalue weighted by Crippen LogP contribution is -2.26. The molecule has 13 heteroatoms. The Labute approximate surface area is 250 Å². The highest BCUT2D eigenvalue weighted by Crippen LogP contribution is 2.29. The van der Waals surface area contributed by atoms with Gasteiger partial charge in [0.05, 0.1) is 10.6 Å². The molecule has 228 valence electrons. The number of unbranched alkanes of at least 4 members (excludes halogenated alkanes) is 3. The Kier molecular flexibility index (Phi) is 10.1. The van der Waals surface area contributed by atoms with Crippen molar-refractivity contribution in [1.29, 1.82) is 0 Å². The van der Waals surface area contributed by atoms with Crippen molar-refractivity contribution in [3.8, 4) is 0 Å². The lowest BCUT2D eigenvalue weighted by Gasteiger charge is -2.27. The number of aryl methyl sites for hydroxylation is 1. The molecule has 0 spiro atoms. The summed E-state index contributed by atoms with van der Waals surface area (Å²) in [6, 6.07) is 11.9. The molecular formula is C30H40N10O3. The van der Waals surface area contributed by atoms with E-state index in [1.54, 1.807) is 6.07 Å². The molecule has 0 atom stereocenters. The summed E-state index contributed by atoms with van der Waals surface area (Å²) < 4.78 is 4.73. The number of aromatic nitrogens is 5. The molecule has 1 fully saturated rings. The smallest absolute Gasteiger partial charge is 0.300 e. The molecule has 2 aromatic heterocycles. The van der Waals surface area contributed by atoms with Gasteiger partial charge in [0.25, 0.3) is 0 Å². The van der Waals surface area contributed by atoms with E-state index < -0.39 is 4.92 Å². The van der Waals surface area contributed by atoms with Crippen LogP contribution in [-0.4, -0.2) is 49.3 Å². The summed E-state index contributed by atoms with van der Waals surface area (Å²) in [7, 11) is 0. The highest BCUT2D eigenvalue weighted by atomic mass is 16.6. The van der Waals surface area contributed by atoms with Crippen molar-refractivity contribution in [1.82, 2.24) is 25.3 Å². The van der Waals surface area contributed by atoms with E-state index in [-0.39, 0.29) is 11.2 Å². The van der Waals surface area contributed by atoms with Crippen LogP contribution in [0.15, 0.2) is 41.0 Å². The van der Waals surface area contributed by atoms with Crippen molar-refractivity contribution in [2.45, 2.75) is 77.8 Å². The molecule has 1 aliphatic carbocycles. The molecule has 2 aromatic carbocycles. The van der Waals surface area contributed by atoms with Gasteiger partial charge in [-0.05, 0) is 73.3 Å². The Morgan fingerprint density at radius 3 is 2.19 bits per heavy atom. The Hall–Kier alpha value is -4.55. The maximum Gasteiger partial charge on any atom is 0.300 e. The van der Waals surface area contributed by atoms with Crippen molar-refractivity contribution in [2.75, 3.05) is 34.4 Å². The first-order valence-corrected chi connectivity index (χ1v) is 15.1. The van der Waals surface area contributed by atoms with Crippen LogP contribution in [0.1, 0.15) is 69.4 Å². The Morgan fingerprint density at radius 2 is 1.47 bits per heavy atom. The number of hydrogen-bond acceptors (Lipinski definition) is 12. The number of nitro groups is 1. The van der Waals surface area contributed by atoms with E-state index in [0.717, 1.165) is 51.0 Å². The second kappa shape index (κ2) is 14.6. The van der Waals surface area contributed by atoms with Crippen LogP contribution in [-0.2, 0) is 6.54 Å². The molecule has 0 aliphatic heterocycles. The summed E-state index contributed by atoms with van der Waals surface area (Å²) in [5, 5.41) is 32.3. The summed E-state index contributed by atoms with van der Waals surface area (Å²) in [6.45, 7) is 6.50. The molecule has 0 saturated heterocycles. The number of benzene rings is 2. The molecule has 0 amide bonds. The average Bonchev–Trinajstić information content (AvgIpc) is 3.50. The van der Waals surface area contributed by atoms with Crippen LogP contribution in [0.5, 0.6) is 0 Å². The van der Waals surface area contributed by atoms with E-state index in [2.05, 4.69) is 84.6 Å². The van der Waals surface area contributed by atoms with Gasteiger partial charge in [-0.1, -0.05) is 49.6 Å². The molecule has 4 N–H and O–H groups in total. The van der Waals surface area contributed by atoms with Crippen molar-refractivity contribution in [2.24, 2.45) is 5.92 Å². The number of non-ortho nitro benzene ring substituents is 1. The summed E-state index contributed by atoms with van der Waals surface area (Å²) in [6.07, 6.45) is 8.66. The standard InChI is InChI=1S/C30H40N10O3/c1-20-7-11-22(12-8-20)19-33-29-35-28(36-30(37-29)34-23-13-9-21(2)10-14-23)32-18-6-4-3-5-17-31-24-15-16-25(40(41)42)27-26(24)38-43-39-27/h7-8,11-12,15-16,21,23,31H,3-6,9-10,13-14,17-19H2,1-2H3,(H3,32,33,34,35,36,37). The summed E-state index contributed by atoms with van der Waals surface area (Å²) >= 11 is 0. The van der Waals surface area contributed by atoms with Crippen molar-refractivity contribution < 1.29 is 9.55 Å². The third-order valence-electron chi connectivity index (χ3n) is 7.85. The van der Waals surface area contributed by atoms with Crippen molar-refractivity contribution >= 4 is 40.3 Å². The first kappa shape index (κ1) is 29.9. The second-order valence-electron chi connectivity index (χ2n) is 11.4. The number of hydrogen-bond donors (Lipinski definition) is 4. The van der Waals surface area contributed by atoms with Crippen LogP contribution >= 0.6 is 0 Å². The van der Waals surface area contributed by atoms with Gasteiger partial charge in [0.2, 0.25) is 23.4 Å². The van der Waals surface area contributed by atoms with Gasteiger partial charge in [0.15, 0.2) is 5.52 Å². The molecule has 1 saturated carbocycles. The number of rotatable bonds is 15. The van der Waals surface area contributed by atoms with Gasteiger partial charge >= 0.3 is 5.69 Å². The fourth-order valence-electron chi connectivity index (χ4n) is 5.24. The number of nitrogens with one attached hydrogen (secondary N) is 4. The highest BCUT2D eigenvalue weighted by Gasteiger charge is 2.20. The highest BCUT2D eigenvalue weighted by molar-refractivity contribution is 5.93. The lowest BCUT2D eigenvalue weighted by molar-refractivity contribution is -0.383. The fourth-order valence-corrected chi connectivity index (χ4v) is 5.24.